The Balaban J connectivity index is 1.12. The Bertz CT molecular complexity index is 5360. The molecule has 45 nitrogen and oxygen atoms in total. The highest BCUT2D eigenvalue weighted by Gasteiger charge is 2.48. The van der Waals surface area contributed by atoms with Gasteiger partial charge in [-0.15, -0.1) is 11.8 Å². The summed E-state index contributed by atoms with van der Waals surface area (Å²) in [4.78, 5) is 282. The summed E-state index contributed by atoms with van der Waals surface area (Å²) in [6.45, 7) is 3.80. The maximum atomic E-state index is 15.9. The predicted molar refractivity (Wildman–Crippen MR) is 510 cm³/mol. The van der Waals surface area contributed by atoms with Gasteiger partial charge in [0.25, 0.3) is 0 Å². The molecule has 139 heavy (non-hydrogen) atoms. The molecule has 16 atom stereocenters. The number of hydrogen-bond donors (Lipinski definition) is 21. The van der Waals surface area contributed by atoms with Crippen LogP contribution in [-0.2, 0) is 112 Å². The average Bonchev–Trinajstić information content (AvgIpc) is 1.55. The van der Waals surface area contributed by atoms with E-state index in [0.29, 0.717) is 69.9 Å². The Morgan fingerprint density at radius 1 is 0.554 bits per heavy atom. The summed E-state index contributed by atoms with van der Waals surface area (Å²) >= 11 is 0.772. The molecule has 6 aromatic rings. The number of carbonyl (C=O) groups is 18. The van der Waals surface area contributed by atoms with Gasteiger partial charge in [-0.1, -0.05) is 88.1 Å². The number of Topliss-reactive ketones (excluding diaryl/α,β-unsaturated/α-hetero) is 1. The molecule has 5 heterocycles. The summed E-state index contributed by atoms with van der Waals surface area (Å²) in [6, 6.07) is 0.0659. The Labute approximate surface area is 806 Å². The van der Waals surface area contributed by atoms with E-state index in [1.165, 1.54) is 52.6 Å². The van der Waals surface area contributed by atoms with E-state index in [4.69, 9.17) is 33.1 Å². The fourth-order valence-corrected chi connectivity index (χ4v) is 18.3. The van der Waals surface area contributed by atoms with Crippen LogP contribution >= 0.6 is 11.8 Å². The molecule has 2 aliphatic heterocycles. The van der Waals surface area contributed by atoms with Crippen LogP contribution in [0.1, 0.15) is 146 Å². The molecule has 1 unspecified atom stereocenters. The van der Waals surface area contributed by atoms with Gasteiger partial charge < -0.3 is 131 Å². The Morgan fingerprint density at radius 2 is 1.10 bits per heavy atom. The number of fused-ring (bicyclic) bond motifs is 4. The number of carboxylic acid groups (broad SMARTS) is 1. The lowest BCUT2D eigenvalue weighted by atomic mass is 9.85. The van der Waals surface area contributed by atoms with Gasteiger partial charge in [0, 0.05) is 124 Å². The number of nitrogens with two attached hydrogens (primary N) is 4. The van der Waals surface area contributed by atoms with Crippen LogP contribution in [0.4, 0.5) is 0 Å². The van der Waals surface area contributed by atoms with E-state index >= 15 is 43.2 Å². The molecule has 754 valence electrons. The van der Waals surface area contributed by atoms with Gasteiger partial charge >= 0.3 is 5.97 Å². The van der Waals surface area contributed by atoms with Gasteiger partial charge in [-0.3, -0.25) is 91.7 Å². The zero-order valence-corrected chi connectivity index (χ0v) is 79.8. The van der Waals surface area contributed by atoms with Crippen LogP contribution in [0.2, 0.25) is 0 Å². The molecule has 16 amide bonds. The largest absolute Gasteiger partial charge is 0.497 e. The van der Waals surface area contributed by atoms with E-state index in [1.807, 2.05) is 13.8 Å². The second-order valence-corrected chi connectivity index (χ2v) is 36.2. The lowest BCUT2D eigenvalue weighted by Gasteiger charge is -2.36. The number of para-hydroxylation sites is 2. The number of aromatic nitrogens is 4. The molecule has 9 rings (SSSR count). The molecular formula is C93H130N24O21S. The molecule has 46 heteroatoms. The number of ketones is 1. The van der Waals surface area contributed by atoms with Crippen molar-refractivity contribution in [3.05, 3.63) is 120 Å². The normalized spacial score (nSPS) is 24.8. The van der Waals surface area contributed by atoms with Crippen molar-refractivity contribution in [1.29, 1.82) is 5.41 Å². The lowest BCUT2D eigenvalue weighted by molar-refractivity contribution is -0.149. The highest BCUT2D eigenvalue weighted by Crippen LogP contribution is 2.36. The number of benzene rings is 3. The van der Waals surface area contributed by atoms with Crippen molar-refractivity contribution < 1.29 is 101 Å². The number of primary amides is 2. The molecule has 3 aromatic carbocycles. The number of nitrogens with one attached hydrogen (secondary N) is 15. The van der Waals surface area contributed by atoms with Crippen molar-refractivity contribution in [2.24, 2.45) is 34.8 Å². The van der Waals surface area contributed by atoms with Gasteiger partial charge in [0.15, 0.2) is 11.7 Å². The number of amides is 16. The Morgan fingerprint density at radius 3 is 1.71 bits per heavy atom. The number of carboxylic acids is 1. The summed E-state index contributed by atoms with van der Waals surface area (Å²) in [6.07, 6.45) is 1.49. The second kappa shape index (κ2) is 52.5. The molecule has 25 N–H and O–H groups in total. The number of ether oxygens (including phenoxy) is 1. The van der Waals surface area contributed by atoms with Crippen LogP contribution in [0, 0.1) is 17.2 Å². The number of likely N-dealkylation sites (N-methyl/N-ethyl adjacent to an activating group) is 3. The van der Waals surface area contributed by atoms with E-state index in [2.05, 4.69) is 78.4 Å². The highest BCUT2D eigenvalue weighted by molar-refractivity contribution is 8.00. The number of aliphatic hydroxyl groups excluding tert-OH is 1. The van der Waals surface area contributed by atoms with Gasteiger partial charge in [0.2, 0.25) is 94.5 Å². The number of carbonyl (C=O) groups excluding carboxylic acids is 17. The summed E-state index contributed by atoms with van der Waals surface area (Å²) in [7, 11) is 5.37. The molecule has 0 spiro atoms. The quantitative estimate of drug-likeness (QED) is 0.0132. The number of imidazole rings is 1. The first-order valence-corrected chi connectivity index (χ1v) is 47.7. The average molecular weight is 1950 g/mol. The molecular weight excluding hydrogens is 1820 g/mol. The number of unbranched alkanes of at least 4 members (excludes halogenated alkanes) is 2. The first-order chi connectivity index (χ1) is 66.3. The number of rotatable bonds is 29. The Hall–Kier alpha value is -14.1. The summed E-state index contributed by atoms with van der Waals surface area (Å²) in [5.74, 6) is -21.5. The van der Waals surface area contributed by atoms with E-state index in [1.54, 1.807) is 85.2 Å². The zero-order valence-electron chi connectivity index (χ0n) is 79.0. The van der Waals surface area contributed by atoms with Crippen LogP contribution in [0.15, 0.2) is 97.7 Å². The van der Waals surface area contributed by atoms with Crippen LogP contribution < -0.4 is 86.2 Å². The molecule has 0 radical (unpaired) electrons. The van der Waals surface area contributed by atoms with Crippen LogP contribution in [0.3, 0.4) is 0 Å². The first-order valence-electron chi connectivity index (χ1n) is 46.5. The van der Waals surface area contributed by atoms with Crippen LogP contribution in [0.25, 0.3) is 21.8 Å². The number of H-pyrrole nitrogens is 3. The molecule has 1 aliphatic carbocycles. The number of methoxy groups -OCH3 is 1. The Kier molecular flexibility index (Phi) is 41.0. The summed E-state index contributed by atoms with van der Waals surface area (Å²) < 4.78 is 5.35. The van der Waals surface area contributed by atoms with Gasteiger partial charge in [-0.05, 0) is 119 Å². The zero-order chi connectivity index (χ0) is 101. The van der Waals surface area contributed by atoms with Gasteiger partial charge in [0.05, 0.1) is 50.2 Å². The lowest BCUT2D eigenvalue weighted by Crippen LogP contribution is -2.61. The number of thioether (sulfide) groups is 1. The fourth-order valence-electron chi connectivity index (χ4n) is 17.4. The predicted octanol–water partition coefficient (Wildman–Crippen LogP) is -2.46. The van der Waals surface area contributed by atoms with Crippen LogP contribution in [0.5, 0.6) is 5.75 Å². The standard InChI is InChI=1S/C93H130N24O21S/c1-8-10-23-72-87(132)108-64(22-16-34-100-93(97)98)83(128)113-71(82(127)103-46-76(96)120)47-139-48-77(121)105-68(36-51-26-28-56(138-7)29-27-51)89(134)114(4)50(3)80(125)111-70(42-75(95)119)91(136)117-35-17-25-73(117)88(133)110-67(39-54-45-99-49-104-54)86(131)106-63(30-31-78(122)123)79(124)59-40-55(118)41-60(59)81(126)109-66(37-52-43-101-61-20-14-12-18-57(52)61)85(130)107-65(32-33-94)84(129)112-69(38-53-44-102-62-21-15-13-19-58(53)62)90(135)116(6)74(24-11-9-2)92(137)115(72)5/h12-15,18-21,26-29,43-45,49-50,55,59-60,63-74,101-102,118H,8-11,16-17,22-25,30-42,46-48,94H2,1-7H3,(H2,95,119)(H2,96,120)(H,99,104)(H,103,127)(H,105,121)(H,106,131)(H,107,130)(H,108,132)(H,109,126)(H,110,133)(H,111,125)(H,112,129)(H,113,128)(H,122,123)(H4,97,98,100)/t50-,55-,59?,60+,63-,64-,65-,66-,67-,68-,69-,70-,71-,72-,73-,74-/m0/s1. The smallest absolute Gasteiger partial charge is 0.303 e. The number of guanidine groups is 1. The van der Waals surface area contributed by atoms with Crippen LogP contribution in [-0.4, -0.2) is 313 Å². The molecule has 3 aliphatic rings. The maximum absolute atomic E-state index is 15.9. The number of nitrogens with zero attached hydrogens (tertiary/aromatic N) is 5. The van der Waals surface area contributed by atoms with Crippen molar-refractivity contribution in [1.82, 2.24) is 98.0 Å². The van der Waals surface area contributed by atoms with E-state index in [0.717, 1.165) is 26.5 Å². The summed E-state index contributed by atoms with van der Waals surface area (Å²) in [5.41, 5.74) is 26.1. The highest BCUT2D eigenvalue weighted by atomic mass is 32.2. The topological polar surface area (TPSA) is 690 Å². The van der Waals surface area contributed by atoms with E-state index in [9.17, 15) is 53.4 Å². The van der Waals surface area contributed by atoms with Crippen molar-refractivity contribution in [3.8, 4) is 5.75 Å². The third-order valence-corrected chi connectivity index (χ3v) is 26.2. The summed E-state index contributed by atoms with van der Waals surface area (Å²) in [5, 5.41) is 60.0. The van der Waals surface area contributed by atoms with Crippen molar-refractivity contribution in [2.75, 3.05) is 65.9 Å². The minimum atomic E-state index is -1.81. The minimum Gasteiger partial charge on any atom is -0.497 e. The molecule has 0 bridgehead atoms. The third-order valence-electron chi connectivity index (χ3n) is 25.2. The minimum absolute atomic E-state index is 0.00304. The first kappa shape index (κ1) is 109. The van der Waals surface area contributed by atoms with E-state index in [-0.39, 0.29) is 96.0 Å². The number of hydrogen-bond acceptors (Lipinski definition) is 24. The number of aliphatic carboxylic acids is 1. The SMILES string of the molecule is CCCC[C@H]1C(=O)N(C)[C@@H](CCCC)C(=O)N[C@@H](CCCNC(=N)N)C(=O)N[C@H](C(=O)NCC(N)=O)CSCC(=O)N[C@@H](Cc2ccc(OC)cc2)C(=O)N(C)[C@@H](C)C(=O)N[C@@H](CC(N)=O)C(=O)N2CCC[C@H]2C(=O)N[C@@H](Cc2cnc[nH]2)C(=O)N[C@@H](CCC(=O)O)C(=O)C2C[C@H](O)C[C@H]2C(=O)N[C@@H](Cc2c[nH]c3ccccc23)C(=O)N[C@@H](CCN)C(=O)N[C@@H](Cc2c[nH]c3ccccc23)C(=O)N1C. The third kappa shape index (κ3) is 30.7. The number of aromatic amines is 3. The van der Waals surface area contributed by atoms with E-state index < -0.39 is 259 Å². The van der Waals surface area contributed by atoms with Gasteiger partial charge in [-0.2, -0.15) is 0 Å². The second-order valence-electron chi connectivity index (χ2n) is 35.2. The molecule has 3 fully saturated rings. The maximum Gasteiger partial charge on any atom is 0.303 e. The van der Waals surface area contributed by atoms with Gasteiger partial charge in [-0.25, -0.2) is 4.98 Å². The van der Waals surface area contributed by atoms with Crippen molar-refractivity contribution >= 4 is 146 Å². The molecule has 2 saturated heterocycles. The van der Waals surface area contributed by atoms with Crippen molar-refractivity contribution in [2.45, 2.75) is 234 Å². The number of aliphatic hydroxyl groups is 1. The van der Waals surface area contributed by atoms with Gasteiger partial charge in [0.1, 0.15) is 78.3 Å². The van der Waals surface area contributed by atoms with Crippen molar-refractivity contribution in [3.63, 3.8) is 0 Å². The molecule has 1 saturated carbocycles. The monoisotopic (exact) mass is 1950 g/mol. The fraction of sp³-hybridized carbons (Fsp3) is 0.527. The molecule has 3 aromatic heterocycles.